The Morgan fingerprint density at radius 2 is 1.88 bits per heavy atom. The number of pyridine rings is 1. The number of benzene rings is 1. The molecule has 1 aliphatic rings. The van der Waals surface area contributed by atoms with Crippen molar-refractivity contribution < 1.29 is 42.8 Å². The minimum absolute atomic E-state index is 0.0370. The highest BCUT2D eigenvalue weighted by molar-refractivity contribution is 5.98. The summed E-state index contributed by atoms with van der Waals surface area (Å²) >= 11 is 0. The van der Waals surface area contributed by atoms with Crippen LogP contribution in [0, 0.1) is 18.8 Å². The Balaban J connectivity index is 0.000000804. The van der Waals surface area contributed by atoms with Crippen molar-refractivity contribution in [1.29, 1.82) is 0 Å². The van der Waals surface area contributed by atoms with Crippen LogP contribution in [0.15, 0.2) is 42.6 Å². The minimum atomic E-state index is -1.03. The zero-order valence-corrected chi connectivity index (χ0v) is 26.1. The van der Waals surface area contributed by atoms with Gasteiger partial charge >= 0.3 is 11.9 Å². The van der Waals surface area contributed by atoms with Gasteiger partial charge in [0.15, 0.2) is 23.2 Å². The van der Waals surface area contributed by atoms with Gasteiger partial charge in [-0.05, 0) is 45.4 Å². The number of ether oxygens (including phenoxy) is 6. The predicted molar refractivity (Wildman–Crippen MR) is 160 cm³/mol. The van der Waals surface area contributed by atoms with Crippen LogP contribution in [0.5, 0.6) is 11.5 Å². The van der Waals surface area contributed by atoms with Gasteiger partial charge in [0.2, 0.25) is 6.79 Å². The van der Waals surface area contributed by atoms with E-state index < -0.39 is 30.7 Å². The third-order valence-electron chi connectivity index (χ3n) is 6.45. The molecule has 2 aromatic rings. The van der Waals surface area contributed by atoms with Crippen LogP contribution in [0.1, 0.15) is 63.0 Å². The number of hydrogen-bond acceptors (Lipinski definition) is 10. The van der Waals surface area contributed by atoms with Gasteiger partial charge in [-0.25, -0.2) is 14.6 Å². The Labute approximate surface area is 254 Å². The zero-order chi connectivity index (χ0) is 31.6. The quantitative estimate of drug-likeness (QED) is 0.274. The maximum absolute atomic E-state index is 13.1. The second kappa shape index (κ2) is 19.5. The van der Waals surface area contributed by atoms with E-state index >= 15 is 0 Å². The molecular weight excluding hydrogens is 556 g/mol. The lowest BCUT2D eigenvalue weighted by Crippen LogP contribution is -2.45. The van der Waals surface area contributed by atoms with Crippen LogP contribution in [0.2, 0.25) is 0 Å². The molecule has 238 valence electrons. The molecule has 3 atom stereocenters. The van der Waals surface area contributed by atoms with Crippen molar-refractivity contribution in [2.24, 2.45) is 11.8 Å². The van der Waals surface area contributed by atoms with Crippen molar-refractivity contribution in [1.82, 2.24) is 10.3 Å². The van der Waals surface area contributed by atoms with Gasteiger partial charge < -0.3 is 33.7 Å². The van der Waals surface area contributed by atoms with E-state index in [9.17, 15) is 14.4 Å². The number of methoxy groups -OCH3 is 1. The zero-order valence-electron chi connectivity index (χ0n) is 26.1. The summed E-state index contributed by atoms with van der Waals surface area (Å²) in [6.07, 6.45) is 3.77. The topological polar surface area (TPSA) is 132 Å². The van der Waals surface area contributed by atoms with Crippen molar-refractivity contribution in [2.45, 2.75) is 66.0 Å². The number of hydrogen-bond donors (Lipinski definition) is 1. The van der Waals surface area contributed by atoms with E-state index in [1.54, 1.807) is 6.92 Å². The Morgan fingerprint density at radius 3 is 2.51 bits per heavy atom. The van der Waals surface area contributed by atoms with E-state index in [4.69, 9.17) is 28.4 Å². The number of carbonyl (C=O) groups excluding carboxylic acids is 3. The molecule has 0 radical (unpaired) electrons. The van der Waals surface area contributed by atoms with Gasteiger partial charge in [0, 0.05) is 25.5 Å². The van der Waals surface area contributed by atoms with E-state index in [-0.39, 0.29) is 42.4 Å². The Morgan fingerprint density at radius 1 is 1.14 bits per heavy atom. The third kappa shape index (κ3) is 13.4. The minimum Gasteiger partial charge on any atom is -0.493 e. The highest BCUT2D eigenvalue weighted by Gasteiger charge is 2.30. The fraction of sp³-hybridized carbons (Fsp3) is 0.562. The average Bonchev–Trinajstić information content (AvgIpc) is 3.04. The maximum atomic E-state index is 13.1. The molecule has 1 aromatic carbocycles. The van der Waals surface area contributed by atoms with Crippen LogP contribution in [0.3, 0.4) is 0 Å². The summed E-state index contributed by atoms with van der Waals surface area (Å²) in [5.41, 5.74) is 1.17. The maximum Gasteiger partial charge on any atom is 0.334 e. The van der Waals surface area contributed by atoms with Crippen LogP contribution in [-0.2, 0) is 28.5 Å². The van der Waals surface area contributed by atoms with Gasteiger partial charge in [0.1, 0.15) is 6.61 Å². The first kappa shape index (κ1) is 35.5. The number of nitrogens with one attached hydrogen (secondary N) is 1. The second-order valence-corrected chi connectivity index (χ2v) is 10.6. The van der Waals surface area contributed by atoms with E-state index in [2.05, 4.69) is 43.2 Å². The molecule has 3 rings (SSSR count). The molecule has 1 aliphatic heterocycles. The van der Waals surface area contributed by atoms with Gasteiger partial charge in [0.05, 0.1) is 19.8 Å². The van der Waals surface area contributed by atoms with Crippen molar-refractivity contribution in [2.75, 3.05) is 40.3 Å². The summed E-state index contributed by atoms with van der Waals surface area (Å²) in [4.78, 5) is 41.6. The summed E-state index contributed by atoms with van der Waals surface area (Å²) in [6, 6.07) is 10.7. The van der Waals surface area contributed by atoms with Crippen LogP contribution < -0.4 is 14.8 Å². The fourth-order valence-corrected chi connectivity index (χ4v) is 4.19. The monoisotopic (exact) mass is 602 g/mol. The number of nitrogens with zero attached hydrogens (tertiary/aromatic N) is 1. The van der Waals surface area contributed by atoms with Gasteiger partial charge in [0.25, 0.3) is 5.91 Å². The largest absolute Gasteiger partial charge is 0.493 e. The molecule has 43 heavy (non-hydrogen) atoms. The number of cyclic esters (lactones) is 1. The van der Waals surface area contributed by atoms with Gasteiger partial charge in [-0.3, -0.25) is 4.79 Å². The number of esters is 2. The van der Waals surface area contributed by atoms with Crippen LogP contribution in [0.25, 0.3) is 0 Å². The van der Waals surface area contributed by atoms with Crippen molar-refractivity contribution in [3.05, 3.63) is 53.9 Å². The summed E-state index contributed by atoms with van der Waals surface area (Å²) < 4.78 is 32.1. The molecule has 1 N–H and O–H groups in total. The average molecular weight is 603 g/mol. The first-order valence-corrected chi connectivity index (χ1v) is 14.6. The fourth-order valence-electron chi connectivity index (χ4n) is 4.19. The van der Waals surface area contributed by atoms with E-state index in [1.807, 2.05) is 25.1 Å². The molecule has 0 spiro atoms. The molecule has 1 saturated heterocycles. The molecule has 0 saturated carbocycles. The third-order valence-corrected chi connectivity index (χ3v) is 6.45. The molecule has 0 bridgehead atoms. The Kier molecular flexibility index (Phi) is 16.1. The van der Waals surface area contributed by atoms with Crippen LogP contribution in [-0.4, -0.2) is 75.3 Å². The molecule has 2 unspecified atom stereocenters. The van der Waals surface area contributed by atoms with Crippen molar-refractivity contribution in [3.63, 3.8) is 0 Å². The number of aromatic nitrogens is 1. The number of aryl methyl sites for hydroxylation is 1. The highest BCUT2D eigenvalue weighted by atomic mass is 16.7. The second-order valence-electron chi connectivity index (χ2n) is 10.6. The van der Waals surface area contributed by atoms with Gasteiger partial charge in [-0.1, -0.05) is 56.2 Å². The standard InChI is InChI=1S/C25H38N2O9.C7H8/c1-6-32-14-21(28)34-15-35-23-20(31-5)9-10-26-22(23)24(29)27-19-13-33-12-18(8-7-16(2)3)11-17(4)36-25(19)30;1-7-5-3-2-4-6-7/h9-10,16-19H,6-8,11-15H2,1-5H3,(H,27,29);2-6H,1H3/t17?,18?,19-;/m0./s1. The Hall–Kier alpha value is -3.70. The van der Waals surface area contributed by atoms with E-state index in [1.165, 1.54) is 24.9 Å². The lowest BCUT2D eigenvalue weighted by molar-refractivity contribution is -0.155. The normalized spacial score (nSPS) is 18.6. The lowest BCUT2D eigenvalue weighted by Gasteiger charge is -2.20. The molecule has 1 amide bonds. The van der Waals surface area contributed by atoms with Crippen LogP contribution in [0.4, 0.5) is 0 Å². The first-order valence-electron chi connectivity index (χ1n) is 14.6. The van der Waals surface area contributed by atoms with E-state index in [0.29, 0.717) is 25.6 Å². The highest BCUT2D eigenvalue weighted by Crippen LogP contribution is 2.30. The molecular formula is C32H46N2O9. The SMILES string of the molecule is CCOCC(=O)OCOc1c(OC)ccnc1C(=O)N[C@H]1COCC(CCC(C)C)CC(C)OC1=O.Cc1ccccc1. The summed E-state index contributed by atoms with van der Waals surface area (Å²) in [5, 5.41) is 2.62. The predicted octanol–water partition coefficient (Wildman–Crippen LogP) is 4.50. The molecule has 11 nitrogen and oxygen atoms in total. The summed E-state index contributed by atoms with van der Waals surface area (Å²) in [6.45, 7) is 10.1. The number of carbonyl (C=O) groups is 3. The molecule has 1 fully saturated rings. The molecule has 0 aliphatic carbocycles. The van der Waals surface area contributed by atoms with Gasteiger partial charge in [-0.2, -0.15) is 0 Å². The smallest absolute Gasteiger partial charge is 0.334 e. The number of amides is 1. The Bertz CT molecular complexity index is 1130. The molecule has 1 aromatic heterocycles. The van der Waals surface area contributed by atoms with E-state index in [0.717, 1.165) is 12.8 Å². The van der Waals surface area contributed by atoms with Crippen LogP contribution >= 0.6 is 0 Å². The molecule has 2 heterocycles. The summed E-state index contributed by atoms with van der Waals surface area (Å²) in [5.74, 6) is -0.921. The van der Waals surface area contributed by atoms with Crippen molar-refractivity contribution >= 4 is 17.8 Å². The van der Waals surface area contributed by atoms with Gasteiger partial charge in [-0.15, -0.1) is 0 Å². The van der Waals surface area contributed by atoms with Crippen molar-refractivity contribution in [3.8, 4) is 11.5 Å². The number of rotatable bonds is 12. The molecule has 11 heteroatoms. The first-order chi connectivity index (χ1) is 20.6. The lowest BCUT2D eigenvalue weighted by atomic mass is 9.94. The summed E-state index contributed by atoms with van der Waals surface area (Å²) in [7, 11) is 1.39.